The first-order valence-electron chi connectivity index (χ1n) is 5.83. The number of ether oxygens (including phenoxy) is 1. The maximum absolute atomic E-state index is 12.4. The summed E-state index contributed by atoms with van der Waals surface area (Å²) in [5.74, 6) is -2.56. The van der Waals surface area contributed by atoms with Gasteiger partial charge in [0.1, 0.15) is 0 Å². The highest BCUT2D eigenvalue weighted by Gasteiger charge is 2.45. The number of amides is 2. The van der Waals surface area contributed by atoms with E-state index in [9.17, 15) is 22.8 Å². The Balaban J connectivity index is 2.78. The Morgan fingerprint density at radius 2 is 1.95 bits per heavy atom. The van der Waals surface area contributed by atoms with Crippen molar-refractivity contribution in [2.24, 2.45) is 0 Å². The number of rotatable bonds is 1. The maximum Gasteiger partial charge on any atom is 0.471 e. The van der Waals surface area contributed by atoms with Gasteiger partial charge in [-0.2, -0.15) is 13.2 Å². The zero-order valence-electron chi connectivity index (χ0n) is 11.3. The molecule has 6 nitrogen and oxygen atoms in total. The van der Waals surface area contributed by atoms with Crippen molar-refractivity contribution in [3.05, 3.63) is 12.1 Å². The summed E-state index contributed by atoms with van der Waals surface area (Å²) < 4.78 is 42.0. The van der Waals surface area contributed by atoms with Crippen LogP contribution in [0.3, 0.4) is 0 Å². The summed E-state index contributed by atoms with van der Waals surface area (Å²) in [6, 6.07) is 0. The minimum absolute atomic E-state index is 0.134. The molecule has 2 amide bonds. The van der Waals surface area contributed by atoms with E-state index >= 15 is 0 Å². The van der Waals surface area contributed by atoms with Crippen LogP contribution in [-0.2, 0) is 9.53 Å². The quantitative estimate of drug-likeness (QED) is 0.765. The van der Waals surface area contributed by atoms with Crippen molar-refractivity contribution in [3.8, 4) is 0 Å². The first-order valence-corrected chi connectivity index (χ1v) is 5.83. The Labute approximate surface area is 113 Å². The standard InChI is InChI=1S/C11H16F3N3O3/c1-10(2,3)16-9(19)20-7-6-15-4-5-17(7)8(18)11(12,13)14/h6,15H,4-5H2,1-3H3,(H,16,19). The van der Waals surface area contributed by atoms with E-state index in [1.54, 1.807) is 20.8 Å². The Bertz CT molecular complexity index is 427. The molecule has 0 atom stereocenters. The third-order valence-electron chi connectivity index (χ3n) is 2.13. The second-order valence-corrected chi connectivity index (χ2v) is 5.16. The molecule has 0 aromatic rings. The van der Waals surface area contributed by atoms with Gasteiger partial charge in [0.15, 0.2) is 0 Å². The lowest BCUT2D eigenvalue weighted by Gasteiger charge is -2.29. The molecule has 1 rings (SSSR count). The molecule has 1 heterocycles. The fraction of sp³-hybridized carbons (Fsp3) is 0.636. The van der Waals surface area contributed by atoms with Crippen molar-refractivity contribution in [2.45, 2.75) is 32.5 Å². The average Bonchev–Trinajstić information content (AvgIpc) is 2.24. The van der Waals surface area contributed by atoms with Gasteiger partial charge in [-0.3, -0.25) is 9.69 Å². The second kappa shape index (κ2) is 5.59. The maximum atomic E-state index is 12.4. The molecule has 114 valence electrons. The van der Waals surface area contributed by atoms with Crippen molar-refractivity contribution in [3.63, 3.8) is 0 Å². The molecule has 0 unspecified atom stereocenters. The molecule has 0 aromatic carbocycles. The molecule has 20 heavy (non-hydrogen) atoms. The van der Waals surface area contributed by atoms with Crippen molar-refractivity contribution < 1.29 is 27.5 Å². The summed E-state index contributed by atoms with van der Waals surface area (Å²) in [5, 5.41) is 5.03. The first-order chi connectivity index (χ1) is 9.00. The van der Waals surface area contributed by atoms with E-state index in [1.807, 2.05) is 0 Å². The van der Waals surface area contributed by atoms with Gasteiger partial charge in [0.2, 0.25) is 5.88 Å². The van der Waals surface area contributed by atoms with E-state index in [4.69, 9.17) is 4.74 Å². The summed E-state index contributed by atoms with van der Waals surface area (Å²) >= 11 is 0. The van der Waals surface area contributed by atoms with Gasteiger partial charge in [-0.05, 0) is 20.8 Å². The van der Waals surface area contributed by atoms with Gasteiger partial charge < -0.3 is 15.4 Å². The van der Waals surface area contributed by atoms with Gasteiger partial charge in [0.25, 0.3) is 0 Å². The molecular formula is C11H16F3N3O3. The molecule has 0 saturated carbocycles. The zero-order valence-corrected chi connectivity index (χ0v) is 11.3. The van der Waals surface area contributed by atoms with Crippen molar-refractivity contribution in [1.82, 2.24) is 15.5 Å². The van der Waals surface area contributed by atoms with Gasteiger partial charge in [-0.25, -0.2) is 4.79 Å². The zero-order chi connectivity index (χ0) is 15.6. The SMILES string of the molecule is CC(C)(C)NC(=O)OC1=CNCCN1C(=O)C(F)(F)F. The topological polar surface area (TPSA) is 70.7 Å². The summed E-state index contributed by atoms with van der Waals surface area (Å²) in [7, 11) is 0. The number of hydrogen-bond acceptors (Lipinski definition) is 4. The molecule has 0 radical (unpaired) electrons. The van der Waals surface area contributed by atoms with Crippen LogP contribution in [0.4, 0.5) is 18.0 Å². The van der Waals surface area contributed by atoms with Crippen LogP contribution in [0.25, 0.3) is 0 Å². The molecule has 0 fully saturated rings. The number of alkyl halides is 3. The van der Waals surface area contributed by atoms with Gasteiger partial charge >= 0.3 is 18.2 Å². The first kappa shape index (κ1) is 16.1. The number of hydrogen-bond donors (Lipinski definition) is 2. The fourth-order valence-electron chi connectivity index (χ4n) is 1.39. The largest absolute Gasteiger partial charge is 0.471 e. The van der Waals surface area contributed by atoms with Crippen LogP contribution in [0.15, 0.2) is 12.1 Å². The molecule has 1 aliphatic rings. The Morgan fingerprint density at radius 1 is 1.35 bits per heavy atom. The van der Waals surface area contributed by atoms with Crippen LogP contribution in [0, 0.1) is 0 Å². The number of carbonyl (C=O) groups excluding carboxylic acids is 2. The third kappa shape index (κ3) is 4.63. The van der Waals surface area contributed by atoms with E-state index in [1.165, 1.54) is 0 Å². The smallest absolute Gasteiger partial charge is 0.391 e. The molecule has 0 spiro atoms. The highest BCUT2D eigenvalue weighted by Crippen LogP contribution is 2.22. The number of nitrogens with one attached hydrogen (secondary N) is 2. The second-order valence-electron chi connectivity index (χ2n) is 5.16. The van der Waals surface area contributed by atoms with E-state index in [2.05, 4.69) is 10.6 Å². The van der Waals surface area contributed by atoms with Crippen molar-refractivity contribution in [1.29, 1.82) is 0 Å². The normalized spacial score (nSPS) is 16.1. The van der Waals surface area contributed by atoms with Crippen LogP contribution >= 0.6 is 0 Å². The number of halogens is 3. The third-order valence-corrected chi connectivity index (χ3v) is 2.13. The van der Waals surface area contributed by atoms with Crippen LogP contribution in [-0.4, -0.2) is 41.7 Å². The van der Waals surface area contributed by atoms with Gasteiger partial charge in [0.05, 0.1) is 6.20 Å². The van der Waals surface area contributed by atoms with Crippen LogP contribution in [0.5, 0.6) is 0 Å². The summed E-state index contributed by atoms with van der Waals surface area (Å²) in [4.78, 5) is 23.1. The summed E-state index contributed by atoms with van der Waals surface area (Å²) in [6.07, 6.45) is -4.91. The molecule has 0 aliphatic carbocycles. The molecule has 0 saturated heterocycles. The average molecular weight is 295 g/mol. The molecule has 0 aromatic heterocycles. The predicted molar refractivity (Wildman–Crippen MR) is 63.2 cm³/mol. The van der Waals surface area contributed by atoms with Gasteiger partial charge in [-0.15, -0.1) is 0 Å². The van der Waals surface area contributed by atoms with E-state index in [0.717, 1.165) is 6.20 Å². The van der Waals surface area contributed by atoms with Crippen LogP contribution in [0.2, 0.25) is 0 Å². The summed E-state index contributed by atoms with van der Waals surface area (Å²) in [6.45, 7) is 4.93. The predicted octanol–water partition coefficient (Wildman–Crippen LogP) is 1.30. The molecular weight excluding hydrogens is 279 g/mol. The molecule has 1 aliphatic heterocycles. The Hall–Kier alpha value is -1.93. The lowest BCUT2D eigenvalue weighted by molar-refractivity contribution is -0.185. The van der Waals surface area contributed by atoms with Crippen molar-refractivity contribution >= 4 is 12.0 Å². The van der Waals surface area contributed by atoms with Crippen LogP contribution in [0.1, 0.15) is 20.8 Å². The lowest BCUT2D eigenvalue weighted by Crippen LogP contribution is -2.48. The molecule has 2 N–H and O–H groups in total. The number of nitrogens with zero attached hydrogens (tertiary/aromatic N) is 1. The Kier molecular flexibility index (Phi) is 4.51. The monoisotopic (exact) mass is 295 g/mol. The molecule has 0 bridgehead atoms. The van der Waals surface area contributed by atoms with Crippen molar-refractivity contribution in [2.75, 3.05) is 13.1 Å². The fourth-order valence-corrected chi connectivity index (χ4v) is 1.39. The molecule has 9 heteroatoms. The number of alkyl carbamates (subject to hydrolysis) is 1. The minimum Gasteiger partial charge on any atom is -0.391 e. The highest BCUT2D eigenvalue weighted by molar-refractivity contribution is 5.84. The minimum atomic E-state index is -5.03. The lowest BCUT2D eigenvalue weighted by atomic mass is 10.1. The van der Waals surface area contributed by atoms with Crippen LogP contribution < -0.4 is 10.6 Å². The van der Waals surface area contributed by atoms with Gasteiger partial charge in [0, 0.05) is 18.6 Å². The number of carbonyl (C=O) groups is 2. The summed E-state index contributed by atoms with van der Waals surface area (Å²) in [5.41, 5.74) is -0.612. The van der Waals surface area contributed by atoms with E-state index < -0.39 is 29.6 Å². The van der Waals surface area contributed by atoms with E-state index in [0.29, 0.717) is 4.90 Å². The highest BCUT2D eigenvalue weighted by atomic mass is 19.4. The van der Waals surface area contributed by atoms with Gasteiger partial charge in [-0.1, -0.05) is 0 Å². The Morgan fingerprint density at radius 3 is 2.45 bits per heavy atom. The van der Waals surface area contributed by atoms with E-state index in [-0.39, 0.29) is 13.1 Å².